The van der Waals surface area contributed by atoms with Gasteiger partial charge >= 0.3 is 0 Å². The highest BCUT2D eigenvalue weighted by Gasteiger charge is 2.55. The van der Waals surface area contributed by atoms with E-state index in [0.29, 0.717) is 6.61 Å². The minimum absolute atomic E-state index is 0.110. The van der Waals surface area contributed by atoms with E-state index in [9.17, 15) is 5.11 Å². The fourth-order valence-electron chi connectivity index (χ4n) is 7.86. The van der Waals surface area contributed by atoms with Crippen LogP contribution in [0.25, 0.3) is 0 Å². The molecule has 8 rings (SSSR count). The Morgan fingerprint density at radius 1 is 0.508 bits per heavy atom. The molecule has 5 aromatic carbocycles. The van der Waals surface area contributed by atoms with Gasteiger partial charge in [0.05, 0.1) is 46.2 Å². The summed E-state index contributed by atoms with van der Waals surface area (Å²) in [5.41, 5.74) is 4.84. The zero-order chi connectivity index (χ0) is 41.9. The number of hydrogen-bond acceptors (Lipinski definition) is 11. The maximum absolute atomic E-state index is 12.1. The average Bonchev–Trinajstić information content (AvgIpc) is 3.29. The van der Waals surface area contributed by atoms with E-state index < -0.39 is 67.2 Å². The number of aliphatic hydroxyl groups is 1. The summed E-state index contributed by atoms with van der Waals surface area (Å²) < 4.78 is 66.4. The normalized spacial score (nSPS) is 28.5. The van der Waals surface area contributed by atoms with Crippen LogP contribution in [-0.4, -0.2) is 85.5 Å². The number of aliphatic hydroxyl groups excluding tert-OH is 1. The lowest BCUT2D eigenvalue weighted by Crippen LogP contribution is -2.68. The van der Waals surface area contributed by atoms with Crippen molar-refractivity contribution in [2.45, 2.75) is 114 Å². The van der Waals surface area contributed by atoms with Crippen molar-refractivity contribution in [2.24, 2.45) is 0 Å². The Morgan fingerprint density at radius 3 is 1.46 bits per heavy atom. The quantitative estimate of drug-likeness (QED) is 0.0947. The topological polar surface area (TPSA) is 113 Å². The third kappa shape index (κ3) is 11.8. The van der Waals surface area contributed by atoms with E-state index in [0.717, 1.165) is 27.8 Å². The molecule has 0 aromatic heterocycles. The van der Waals surface area contributed by atoms with E-state index in [2.05, 4.69) is 0 Å². The van der Waals surface area contributed by atoms with Gasteiger partial charge in [-0.25, -0.2) is 0 Å². The summed E-state index contributed by atoms with van der Waals surface area (Å²) in [6, 6.07) is 49.5. The second kappa shape index (κ2) is 21.2. The Labute approximate surface area is 358 Å². The van der Waals surface area contributed by atoms with Crippen LogP contribution in [0.15, 0.2) is 152 Å². The van der Waals surface area contributed by atoms with Crippen LogP contribution in [0, 0.1) is 0 Å². The van der Waals surface area contributed by atoms with E-state index in [1.807, 2.05) is 166 Å². The Kier molecular flexibility index (Phi) is 15.0. The zero-order valence-electron chi connectivity index (χ0n) is 34.7. The Hall–Kier alpha value is -4.34. The number of benzene rings is 5. The van der Waals surface area contributed by atoms with Crippen molar-refractivity contribution in [3.63, 3.8) is 0 Å². The molecule has 0 bridgehead atoms. The molecule has 3 aliphatic heterocycles. The maximum atomic E-state index is 12.1. The summed E-state index contributed by atoms with van der Waals surface area (Å²) in [7, 11) is 0. The van der Waals surface area contributed by atoms with E-state index in [1.165, 1.54) is 0 Å². The second-order valence-electron chi connectivity index (χ2n) is 16.1. The summed E-state index contributed by atoms with van der Waals surface area (Å²) in [5, 5.41) is 12.1. The Bertz CT molecular complexity index is 2010. The van der Waals surface area contributed by atoms with E-state index >= 15 is 0 Å². The van der Waals surface area contributed by atoms with Gasteiger partial charge in [0.2, 0.25) is 0 Å². The highest BCUT2D eigenvalue weighted by molar-refractivity contribution is 5.17. The third-order valence-electron chi connectivity index (χ3n) is 11.0. The molecule has 3 aliphatic rings. The van der Waals surface area contributed by atoms with E-state index in [1.54, 1.807) is 0 Å². The van der Waals surface area contributed by atoms with E-state index in [4.69, 9.17) is 47.4 Å². The molecule has 322 valence electrons. The van der Waals surface area contributed by atoms with Gasteiger partial charge in [0, 0.05) is 0 Å². The molecule has 0 unspecified atom stereocenters. The van der Waals surface area contributed by atoms with Crippen molar-refractivity contribution < 1.29 is 52.5 Å². The van der Waals surface area contributed by atoms with Gasteiger partial charge in [0.1, 0.15) is 48.8 Å². The minimum atomic E-state index is -1.14. The van der Waals surface area contributed by atoms with Crippen LogP contribution in [-0.2, 0) is 80.4 Å². The lowest BCUT2D eigenvalue weighted by Gasteiger charge is -2.51. The van der Waals surface area contributed by atoms with Crippen molar-refractivity contribution >= 4 is 0 Å². The smallest absolute Gasteiger partial charge is 0.187 e. The van der Waals surface area contributed by atoms with Crippen molar-refractivity contribution in [1.82, 2.24) is 0 Å². The first-order valence-electron chi connectivity index (χ1n) is 21.1. The van der Waals surface area contributed by atoms with Gasteiger partial charge in [-0.3, -0.25) is 0 Å². The number of ether oxygens (including phenoxy) is 10. The summed E-state index contributed by atoms with van der Waals surface area (Å²) in [6.45, 7) is 5.21. The lowest BCUT2D eigenvalue weighted by molar-refractivity contribution is -0.405. The minimum Gasteiger partial charge on any atom is -0.387 e. The fourth-order valence-corrected chi connectivity index (χ4v) is 7.86. The van der Waals surface area contributed by atoms with Gasteiger partial charge in [-0.15, -0.1) is 0 Å². The van der Waals surface area contributed by atoms with E-state index in [-0.39, 0.29) is 39.6 Å². The number of rotatable bonds is 18. The highest BCUT2D eigenvalue weighted by Crippen LogP contribution is 2.38. The predicted molar refractivity (Wildman–Crippen MR) is 225 cm³/mol. The standard InChI is InChI=1S/C50H56O11/c1-50(2)57-34-41-43(61-50)42(51)45(53-29-36-20-10-4-11-21-36)49(59-41)60-44-40(33-52-28-35-18-8-3-9-19-35)58-48(56-32-39-26-16-7-17-27-39)47(55-31-38-24-14-6-15-25-38)46(44)54-30-37-22-12-5-13-23-37/h3-27,40-49,51H,28-34H2,1-2H3/t40-,41-,42+,43+,44-,45-,46+,47-,48-,49+/m1/s1. The third-order valence-corrected chi connectivity index (χ3v) is 11.0. The first-order chi connectivity index (χ1) is 29.9. The molecule has 10 atom stereocenters. The van der Waals surface area contributed by atoms with Crippen LogP contribution in [0.3, 0.4) is 0 Å². The fraction of sp³-hybridized carbons (Fsp3) is 0.400. The first-order valence-corrected chi connectivity index (χ1v) is 21.1. The van der Waals surface area contributed by atoms with Gasteiger partial charge in [-0.1, -0.05) is 152 Å². The molecule has 0 radical (unpaired) electrons. The average molecular weight is 833 g/mol. The molecule has 5 aromatic rings. The largest absolute Gasteiger partial charge is 0.387 e. The van der Waals surface area contributed by atoms with Gasteiger partial charge < -0.3 is 52.5 Å². The van der Waals surface area contributed by atoms with Crippen molar-refractivity contribution in [3.8, 4) is 0 Å². The summed E-state index contributed by atoms with van der Waals surface area (Å²) in [6.07, 6.45) is -8.75. The first kappa shape index (κ1) is 43.3. The molecule has 61 heavy (non-hydrogen) atoms. The molecule has 1 N–H and O–H groups in total. The highest BCUT2D eigenvalue weighted by atomic mass is 16.8. The molecule has 0 saturated carbocycles. The molecule has 0 spiro atoms. The second-order valence-corrected chi connectivity index (χ2v) is 16.1. The zero-order valence-corrected chi connectivity index (χ0v) is 34.7. The van der Waals surface area contributed by atoms with Crippen LogP contribution < -0.4 is 0 Å². The summed E-state index contributed by atoms with van der Waals surface area (Å²) in [4.78, 5) is 0. The van der Waals surface area contributed by atoms with Crippen LogP contribution in [0.1, 0.15) is 41.7 Å². The van der Waals surface area contributed by atoms with Crippen molar-refractivity contribution in [1.29, 1.82) is 0 Å². The molecular weight excluding hydrogens is 777 g/mol. The predicted octanol–water partition coefficient (Wildman–Crippen LogP) is 7.52. The number of fused-ring (bicyclic) bond motifs is 1. The van der Waals surface area contributed by atoms with Gasteiger partial charge in [0.15, 0.2) is 18.4 Å². The van der Waals surface area contributed by atoms with Crippen LogP contribution >= 0.6 is 0 Å². The lowest BCUT2D eigenvalue weighted by atomic mass is 9.95. The molecule has 0 amide bonds. The van der Waals surface area contributed by atoms with Gasteiger partial charge in [-0.05, 0) is 41.7 Å². The molecule has 11 heteroatoms. The number of hydrogen-bond donors (Lipinski definition) is 1. The monoisotopic (exact) mass is 832 g/mol. The molecule has 0 aliphatic carbocycles. The van der Waals surface area contributed by atoms with Crippen LogP contribution in [0.4, 0.5) is 0 Å². The maximum Gasteiger partial charge on any atom is 0.187 e. The molecule has 11 nitrogen and oxygen atoms in total. The summed E-state index contributed by atoms with van der Waals surface area (Å²) in [5.74, 6) is -0.934. The van der Waals surface area contributed by atoms with Crippen molar-refractivity contribution in [3.05, 3.63) is 179 Å². The Balaban J connectivity index is 1.14. The molecule has 3 saturated heterocycles. The molecular formula is C50H56O11. The molecule has 3 fully saturated rings. The van der Waals surface area contributed by atoms with Crippen LogP contribution in [0.2, 0.25) is 0 Å². The van der Waals surface area contributed by atoms with Gasteiger partial charge in [0.25, 0.3) is 0 Å². The van der Waals surface area contributed by atoms with Gasteiger partial charge in [-0.2, -0.15) is 0 Å². The SMILES string of the molecule is CC1(C)OC[C@H]2O[C@@H](O[C@H]3[C@H](OCc4ccccc4)[C@@H](OCc4ccccc4)[C@H](OCc4ccccc4)O[C@@H]3COCc3ccccc3)[C@H](OCc3ccccc3)[C@@H](O)[C@H]2O1. The van der Waals surface area contributed by atoms with Crippen LogP contribution in [0.5, 0.6) is 0 Å². The molecule has 3 heterocycles. The van der Waals surface area contributed by atoms with Crippen molar-refractivity contribution in [2.75, 3.05) is 13.2 Å². The Morgan fingerprint density at radius 2 is 0.951 bits per heavy atom. The summed E-state index contributed by atoms with van der Waals surface area (Å²) >= 11 is 0.